The van der Waals surface area contributed by atoms with E-state index < -0.39 is 39.5 Å². The first kappa shape index (κ1) is 70.8. The first-order chi connectivity index (χ1) is 29.3. The van der Waals surface area contributed by atoms with Crippen molar-refractivity contribution in [2.75, 3.05) is 60.2 Å². The van der Waals surface area contributed by atoms with Crippen LogP contribution in [0, 0.1) is 0 Å². The standard InChI is InChI=1S/C15H28F3NO3.C8H12ClF3O2.C8H13F3O3.C7H17NO.Cl2OS/c1-19(11-7-3-4-8-12-20)14(21)10-6-2-5-9-13-22-15(16,17)18;9-7(13)5-3-1-2-4-6-14-8(10,11)12;9-8(10,11)14-6-4-2-1-3-5-7(12)13;1-8-6-4-2-3-5-7-9;1-4(2)3/h20H,2-13H2,1H3;1-6H2;1-6H2,(H,12,13);8-9H,2-7H2,1H3;. The van der Waals surface area contributed by atoms with Gasteiger partial charge in [0.25, 0.3) is 0 Å². The Bertz CT molecular complexity index is 1010. The van der Waals surface area contributed by atoms with Gasteiger partial charge in [0.2, 0.25) is 20.4 Å². The van der Waals surface area contributed by atoms with Gasteiger partial charge in [0.05, 0.1) is 19.8 Å². The molecule has 4 N–H and O–H groups in total. The summed E-state index contributed by atoms with van der Waals surface area (Å²) in [5.74, 6) is -0.801. The van der Waals surface area contributed by atoms with Gasteiger partial charge in [0, 0.05) is 67.4 Å². The summed E-state index contributed by atoms with van der Waals surface area (Å²) >= 11 is 5.07. The third-order valence-corrected chi connectivity index (χ3v) is 7.99. The molecule has 25 heteroatoms. The molecule has 0 atom stereocenters. The molecular formula is C38H70Cl3F9N2O10S. The number of rotatable bonds is 33. The summed E-state index contributed by atoms with van der Waals surface area (Å²) in [7, 11) is 11.1. The maximum absolute atomic E-state index is 11.8. The van der Waals surface area contributed by atoms with E-state index in [-0.39, 0.29) is 45.2 Å². The zero-order valence-corrected chi connectivity index (χ0v) is 39.4. The van der Waals surface area contributed by atoms with E-state index >= 15 is 0 Å². The minimum absolute atomic E-state index is 0.0696. The number of nitrogens with zero attached hydrogens (tertiary/aromatic N) is 1. The average Bonchev–Trinajstić information content (AvgIpc) is 3.15. The van der Waals surface area contributed by atoms with Crippen molar-refractivity contribution in [1.29, 1.82) is 0 Å². The number of hydrogen-bond acceptors (Lipinski definition) is 10. The van der Waals surface area contributed by atoms with Crippen LogP contribution in [0.4, 0.5) is 39.5 Å². The summed E-state index contributed by atoms with van der Waals surface area (Å²) in [5.41, 5.74) is 0. The van der Waals surface area contributed by atoms with Gasteiger partial charge in [-0.15, -0.1) is 39.5 Å². The lowest BCUT2D eigenvalue weighted by atomic mass is 10.1. The fourth-order valence-corrected chi connectivity index (χ4v) is 4.78. The van der Waals surface area contributed by atoms with Crippen molar-refractivity contribution in [2.45, 2.75) is 167 Å². The zero-order chi connectivity index (χ0) is 49.4. The lowest BCUT2D eigenvalue weighted by Crippen LogP contribution is -2.27. The molecule has 0 aromatic heterocycles. The number of aliphatic carboxylic acids is 1. The maximum atomic E-state index is 11.8. The van der Waals surface area contributed by atoms with Crippen LogP contribution in [0.15, 0.2) is 0 Å². The number of amides is 1. The number of alkyl halides is 9. The highest BCUT2D eigenvalue weighted by atomic mass is 36.0. The molecule has 0 unspecified atom stereocenters. The molecule has 0 bridgehead atoms. The summed E-state index contributed by atoms with van der Waals surface area (Å²) in [5, 5.41) is 28.0. The van der Waals surface area contributed by atoms with E-state index in [1.165, 1.54) is 12.8 Å². The number of carboxylic acid groups (broad SMARTS) is 1. The number of halogens is 12. The molecule has 12 nitrogen and oxygen atoms in total. The van der Waals surface area contributed by atoms with E-state index in [0.29, 0.717) is 90.2 Å². The van der Waals surface area contributed by atoms with Gasteiger partial charge in [-0.1, -0.05) is 64.2 Å². The molecule has 0 saturated carbocycles. The summed E-state index contributed by atoms with van der Waals surface area (Å²) < 4.78 is 124. The second-order valence-corrected chi connectivity index (χ2v) is 16.4. The molecule has 0 radical (unpaired) electrons. The summed E-state index contributed by atoms with van der Waals surface area (Å²) in [4.78, 5) is 33.8. The summed E-state index contributed by atoms with van der Waals surface area (Å²) in [6.45, 7) is 1.39. The van der Waals surface area contributed by atoms with Crippen molar-refractivity contribution in [2.24, 2.45) is 0 Å². The van der Waals surface area contributed by atoms with E-state index in [1.54, 1.807) is 11.9 Å². The fraction of sp³-hybridized carbons (Fsp3) is 0.921. The fourth-order valence-electron chi connectivity index (χ4n) is 4.64. The van der Waals surface area contributed by atoms with Crippen LogP contribution in [0.2, 0.25) is 0 Å². The minimum atomic E-state index is -4.55. The van der Waals surface area contributed by atoms with Gasteiger partial charge in [-0.3, -0.25) is 28.6 Å². The maximum Gasteiger partial charge on any atom is 0.522 e. The van der Waals surface area contributed by atoms with E-state index in [0.717, 1.165) is 51.5 Å². The molecule has 0 rings (SSSR count). The highest BCUT2D eigenvalue weighted by Gasteiger charge is 2.29. The lowest BCUT2D eigenvalue weighted by Gasteiger charge is -2.17. The molecule has 0 heterocycles. The number of aliphatic hydroxyl groups is 2. The van der Waals surface area contributed by atoms with Gasteiger partial charge in [-0.2, -0.15) is 0 Å². The quantitative estimate of drug-likeness (QED) is 0.0280. The molecule has 0 aromatic rings. The molecule has 0 fully saturated rings. The van der Waals surface area contributed by atoms with Gasteiger partial charge >= 0.3 is 25.1 Å². The third-order valence-electron chi connectivity index (χ3n) is 7.80. The molecule has 63 heavy (non-hydrogen) atoms. The monoisotopic (exact) mass is 1020 g/mol. The Kier molecular flexibility index (Phi) is 56.4. The Hall–Kier alpha value is -1.24. The molecule has 0 aliphatic heterocycles. The third kappa shape index (κ3) is 88.2. The number of hydrogen-bond donors (Lipinski definition) is 4. The van der Waals surface area contributed by atoms with Crippen molar-refractivity contribution >= 4 is 59.3 Å². The van der Waals surface area contributed by atoms with Gasteiger partial charge in [0.15, 0.2) is 0 Å². The minimum Gasteiger partial charge on any atom is -0.481 e. The molecule has 0 aliphatic rings. The number of nitrogens with one attached hydrogen (secondary N) is 1. The Labute approximate surface area is 383 Å². The van der Waals surface area contributed by atoms with E-state index in [9.17, 15) is 53.9 Å². The van der Waals surface area contributed by atoms with Crippen LogP contribution in [-0.4, -0.2) is 121 Å². The first-order valence-corrected chi connectivity index (χ1v) is 23.9. The van der Waals surface area contributed by atoms with Crippen molar-refractivity contribution in [3.8, 4) is 0 Å². The van der Waals surface area contributed by atoms with E-state index in [2.05, 4.69) is 40.9 Å². The lowest BCUT2D eigenvalue weighted by molar-refractivity contribution is -0.325. The number of carbonyl (C=O) groups is 3. The predicted molar refractivity (Wildman–Crippen MR) is 226 cm³/mol. The molecule has 1 amide bonds. The van der Waals surface area contributed by atoms with Gasteiger partial charge in [-0.25, -0.2) is 4.21 Å². The van der Waals surface area contributed by atoms with Crippen LogP contribution in [0.25, 0.3) is 0 Å². The number of carboxylic acids is 1. The number of ether oxygens (including phenoxy) is 3. The molecular weight excluding hydrogens is 954 g/mol. The van der Waals surface area contributed by atoms with Crippen LogP contribution in [0.5, 0.6) is 0 Å². The number of carbonyl (C=O) groups excluding carboxylic acids is 2. The normalized spacial score (nSPS) is 11.3. The van der Waals surface area contributed by atoms with Crippen LogP contribution in [0.3, 0.4) is 0 Å². The number of aliphatic hydroxyl groups excluding tert-OH is 2. The molecule has 0 spiro atoms. The first-order valence-electron chi connectivity index (χ1n) is 20.7. The van der Waals surface area contributed by atoms with Gasteiger partial charge in [-0.05, 0) is 89.4 Å². The Morgan fingerprint density at radius 1 is 0.556 bits per heavy atom. The highest BCUT2D eigenvalue weighted by Crippen LogP contribution is 2.19. The van der Waals surface area contributed by atoms with Gasteiger partial charge < -0.3 is 25.5 Å². The van der Waals surface area contributed by atoms with E-state index in [4.69, 9.17) is 31.1 Å². The molecule has 382 valence electrons. The van der Waals surface area contributed by atoms with E-state index in [1.807, 2.05) is 7.05 Å². The van der Waals surface area contributed by atoms with Crippen molar-refractivity contribution in [1.82, 2.24) is 10.2 Å². The second-order valence-electron chi connectivity index (χ2n) is 13.5. The molecule has 0 saturated heterocycles. The highest BCUT2D eigenvalue weighted by molar-refractivity contribution is 8.26. The van der Waals surface area contributed by atoms with Crippen molar-refractivity contribution in [3.05, 3.63) is 0 Å². The van der Waals surface area contributed by atoms with Crippen LogP contribution < -0.4 is 5.32 Å². The zero-order valence-electron chi connectivity index (χ0n) is 36.3. The van der Waals surface area contributed by atoms with Crippen LogP contribution >= 0.6 is 33.0 Å². The van der Waals surface area contributed by atoms with Crippen LogP contribution in [0.1, 0.15) is 148 Å². The van der Waals surface area contributed by atoms with Crippen molar-refractivity contribution in [3.63, 3.8) is 0 Å². The molecule has 0 aliphatic carbocycles. The topological polar surface area (TPSA) is 172 Å². The van der Waals surface area contributed by atoms with Crippen molar-refractivity contribution < 1.29 is 87.6 Å². The predicted octanol–water partition coefficient (Wildman–Crippen LogP) is 11.1. The number of unbranched alkanes of at least 4 members (excludes halogenated alkanes) is 15. The summed E-state index contributed by atoms with van der Waals surface area (Å²) in [6, 6.07) is 0. The van der Waals surface area contributed by atoms with Crippen LogP contribution in [-0.2, 0) is 37.8 Å². The largest absolute Gasteiger partial charge is 0.522 e. The SMILES string of the molecule is CN(CCCCCCO)C(=O)CCCCCCOC(F)(F)F.CNCCCCCCO.O=C(Cl)CCCCCCOC(F)(F)F.O=C(O)CCCCCCOC(F)(F)F.O=S(Cl)Cl. The average molecular weight is 1020 g/mol. The Balaban J connectivity index is -0.000000240. The second kappa shape index (κ2) is 50.2. The van der Waals surface area contributed by atoms with Gasteiger partial charge in [0.1, 0.15) is 0 Å². The summed E-state index contributed by atoms with van der Waals surface area (Å²) in [6.07, 6.45) is 2.11. The smallest absolute Gasteiger partial charge is 0.481 e. The Morgan fingerprint density at radius 3 is 1.21 bits per heavy atom. The molecule has 0 aromatic carbocycles. The Morgan fingerprint density at radius 2 is 0.873 bits per heavy atom.